The molecule has 8 aromatic carbocycles. The lowest BCUT2D eigenvalue weighted by molar-refractivity contribution is 0.669. The Bertz CT molecular complexity index is 2450. The van der Waals surface area contributed by atoms with Crippen LogP contribution in [0.15, 0.2) is 236 Å². The normalized spacial score (nSPS) is 11.8. The molecular weight excluding hydrogens is 639 g/mol. The fourth-order valence-corrected chi connectivity index (χ4v) is 11.3. The number of benzene rings is 8. The van der Waals surface area contributed by atoms with Crippen molar-refractivity contribution >= 4 is 49.0 Å². The molecule has 0 fully saturated rings. The van der Waals surface area contributed by atoms with E-state index in [2.05, 4.69) is 217 Å². The van der Waals surface area contributed by atoms with E-state index in [9.17, 15) is 0 Å². The maximum Gasteiger partial charge on any atom is 0.137 e. The van der Waals surface area contributed by atoms with E-state index in [4.69, 9.17) is 4.42 Å². The lowest BCUT2D eigenvalue weighted by Gasteiger charge is -2.42. The number of rotatable bonds is 8. The van der Waals surface area contributed by atoms with Gasteiger partial charge in [0.25, 0.3) is 0 Å². The average molecular weight is 674 g/mol. The van der Waals surface area contributed by atoms with Gasteiger partial charge in [0.15, 0.2) is 0 Å². The minimum Gasteiger partial charge on any atom is -0.456 e. The van der Waals surface area contributed by atoms with E-state index < -0.39 is 10.0 Å². The highest BCUT2D eigenvalue weighted by Crippen LogP contribution is 2.73. The maximum atomic E-state index is 6.56. The van der Waals surface area contributed by atoms with Crippen molar-refractivity contribution in [3.63, 3.8) is 0 Å². The van der Waals surface area contributed by atoms with Gasteiger partial charge in [-0.2, -0.15) is 0 Å². The minimum atomic E-state index is -1.81. The summed E-state index contributed by atoms with van der Waals surface area (Å²) in [5.74, 6) is 0. The van der Waals surface area contributed by atoms with Crippen molar-refractivity contribution in [2.75, 3.05) is 4.90 Å². The van der Waals surface area contributed by atoms with Crippen LogP contribution in [0.4, 0.5) is 17.1 Å². The molecule has 9 rings (SSSR count). The van der Waals surface area contributed by atoms with Gasteiger partial charge in [0.1, 0.15) is 11.2 Å². The van der Waals surface area contributed by atoms with Crippen LogP contribution < -0.4 is 4.90 Å². The van der Waals surface area contributed by atoms with Gasteiger partial charge in [-0.25, -0.2) is 0 Å². The molecule has 0 atom stereocenters. The number of hydrogen-bond acceptors (Lipinski definition) is 2. The van der Waals surface area contributed by atoms with Crippen LogP contribution in [0.1, 0.15) is 0 Å². The second-order valence-electron chi connectivity index (χ2n) is 12.5. The third kappa shape index (κ3) is 5.31. The second-order valence-corrected chi connectivity index (χ2v) is 15.6. The summed E-state index contributed by atoms with van der Waals surface area (Å²) in [6, 6.07) is 76.3. The van der Waals surface area contributed by atoms with E-state index in [0.717, 1.165) is 44.6 Å². The maximum absolute atomic E-state index is 6.56. The largest absolute Gasteiger partial charge is 0.456 e. The van der Waals surface area contributed by atoms with Crippen LogP contribution in [-0.2, 0) is 0 Å². The number of fused-ring (bicyclic) bond motifs is 3. The third-order valence-electron chi connectivity index (χ3n) is 9.58. The highest BCUT2D eigenvalue weighted by atomic mass is 32.3. The van der Waals surface area contributed by atoms with Crippen LogP contribution in [-0.4, -0.2) is 0 Å². The highest BCUT2D eigenvalue weighted by Gasteiger charge is 2.33. The van der Waals surface area contributed by atoms with Crippen LogP contribution in [0.5, 0.6) is 0 Å². The SMILES string of the molecule is c1ccc(-c2cccc3oc4cccc(N(c5ccccc5)c5ccc(S(c6ccccc6)(c6ccccc6)c6ccccc6)cc5)c4c23)cc1. The molecule has 3 heteroatoms. The fourth-order valence-electron chi connectivity index (χ4n) is 7.39. The first-order valence-electron chi connectivity index (χ1n) is 17.3. The molecule has 0 aliphatic carbocycles. The van der Waals surface area contributed by atoms with Crippen LogP contribution in [0.2, 0.25) is 0 Å². The Kier molecular flexibility index (Phi) is 7.96. The molecule has 0 radical (unpaired) electrons. The quantitative estimate of drug-likeness (QED) is 0.160. The van der Waals surface area contributed by atoms with E-state index in [1.807, 2.05) is 0 Å². The minimum absolute atomic E-state index is 0.865. The summed E-state index contributed by atoms with van der Waals surface area (Å²) in [6.07, 6.45) is 0. The molecule has 51 heavy (non-hydrogen) atoms. The zero-order valence-corrected chi connectivity index (χ0v) is 28.8. The molecule has 0 spiro atoms. The summed E-state index contributed by atoms with van der Waals surface area (Å²) >= 11 is 0. The molecule has 0 saturated carbocycles. The monoisotopic (exact) mass is 673 g/mol. The van der Waals surface area contributed by atoms with E-state index in [1.165, 1.54) is 25.1 Å². The average Bonchev–Trinajstić information content (AvgIpc) is 3.61. The number of hydrogen-bond donors (Lipinski definition) is 0. The molecule has 0 aliphatic rings. The lowest BCUT2D eigenvalue weighted by Crippen LogP contribution is -2.11. The van der Waals surface area contributed by atoms with Crippen molar-refractivity contribution in [3.8, 4) is 11.1 Å². The summed E-state index contributed by atoms with van der Waals surface area (Å²) in [7, 11) is -1.81. The molecule has 9 aromatic rings. The Morgan fingerprint density at radius 3 is 1.31 bits per heavy atom. The molecule has 244 valence electrons. The Morgan fingerprint density at radius 2 is 0.765 bits per heavy atom. The van der Waals surface area contributed by atoms with Gasteiger partial charge in [-0.1, -0.05) is 121 Å². The molecule has 2 nitrogen and oxygen atoms in total. The van der Waals surface area contributed by atoms with Crippen molar-refractivity contribution in [1.29, 1.82) is 0 Å². The van der Waals surface area contributed by atoms with Gasteiger partial charge in [0.05, 0.1) is 11.1 Å². The van der Waals surface area contributed by atoms with Crippen LogP contribution in [0, 0.1) is 0 Å². The summed E-state index contributed by atoms with van der Waals surface area (Å²) in [6.45, 7) is 0. The van der Waals surface area contributed by atoms with Crippen LogP contribution in [0.25, 0.3) is 33.1 Å². The summed E-state index contributed by atoms with van der Waals surface area (Å²) in [5, 5.41) is 2.21. The third-order valence-corrected chi connectivity index (χ3v) is 13.5. The Labute approximate surface area is 300 Å². The van der Waals surface area contributed by atoms with Gasteiger partial charge in [-0.15, -0.1) is 10.0 Å². The topological polar surface area (TPSA) is 16.4 Å². The van der Waals surface area contributed by atoms with Gasteiger partial charge < -0.3 is 9.32 Å². The molecule has 1 heterocycles. The first-order chi connectivity index (χ1) is 25.3. The summed E-state index contributed by atoms with van der Waals surface area (Å²) < 4.78 is 6.56. The first-order valence-corrected chi connectivity index (χ1v) is 18.9. The van der Waals surface area contributed by atoms with Gasteiger partial charge >= 0.3 is 0 Å². The standard InChI is InChI=1S/C48H35NOS/c1-6-18-36(19-7-1)43-28-16-30-45-47(43)48-44(29-17-31-46(48)50-45)49(37-20-8-2-9-21-37)38-32-34-42(35-33-38)51(39-22-10-3-11-23-39,40-24-12-4-13-25-40)41-26-14-5-15-27-41/h1-35H. The van der Waals surface area contributed by atoms with Gasteiger partial charge in [0.2, 0.25) is 0 Å². The number of anilines is 3. The van der Waals surface area contributed by atoms with Gasteiger partial charge in [-0.05, 0) is 102 Å². The molecule has 1 aromatic heterocycles. The van der Waals surface area contributed by atoms with Gasteiger partial charge in [-0.3, -0.25) is 0 Å². The molecular formula is C48H35NOS. The highest BCUT2D eigenvalue weighted by molar-refractivity contribution is 8.34. The van der Waals surface area contributed by atoms with Crippen molar-refractivity contribution in [3.05, 3.63) is 212 Å². The Balaban J connectivity index is 1.28. The zero-order valence-electron chi connectivity index (χ0n) is 28.0. The van der Waals surface area contributed by atoms with Gasteiger partial charge in [0, 0.05) is 36.3 Å². The Hall–Kier alpha value is -6.29. The zero-order chi connectivity index (χ0) is 34.0. The molecule has 0 unspecified atom stereocenters. The molecule has 0 aliphatic heterocycles. The van der Waals surface area contributed by atoms with E-state index in [-0.39, 0.29) is 0 Å². The van der Waals surface area contributed by atoms with E-state index >= 15 is 0 Å². The predicted octanol–water partition coefficient (Wildman–Crippen LogP) is 14.1. The van der Waals surface area contributed by atoms with E-state index in [1.54, 1.807) is 0 Å². The van der Waals surface area contributed by atoms with Crippen LogP contribution >= 0.6 is 10.0 Å². The Morgan fingerprint density at radius 1 is 0.333 bits per heavy atom. The molecule has 0 bridgehead atoms. The lowest BCUT2D eigenvalue weighted by atomic mass is 9.98. The van der Waals surface area contributed by atoms with Crippen molar-refractivity contribution < 1.29 is 4.42 Å². The number of nitrogens with zero attached hydrogens (tertiary/aromatic N) is 1. The van der Waals surface area contributed by atoms with Crippen molar-refractivity contribution in [2.24, 2.45) is 0 Å². The molecule has 0 N–H and O–H groups in total. The summed E-state index contributed by atoms with van der Waals surface area (Å²) in [5.41, 5.74) is 7.29. The molecule has 0 amide bonds. The van der Waals surface area contributed by atoms with Crippen molar-refractivity contribution in [2.45, 2.75) is 19.6 Å². The summed E-state index contributed by atoms with van der Waals surface area (Å²) in [4.78, 5) is 7.56. The number of para-hydroxylation sites is 1. The first kappa shape index (κ1) is 30.7. The second kappa shape index (κ2) is 13.2. The predicted molar refractivity (Wildman–Crippen MR) is 214 cm³/mol. The van der Waals surface area contributed by atoms with Crippen LogP contribution in [0.3, 0.4) is 0 Å². The fraction of sp³-hybridized carbons (Fsp3) is 0. The molecule has 0 saturated heterocycles. The van der Waals surface area contributed by atoms with E-state index in [0.29, 0.717) is 0 Å². The number of furan rings is 1. The smallest absolute Gasteiger partial charge is 0.137 e. The van der Waals surface area contributed by atoms with Crippen molar-refractivity contribution in [1.82, 2.24) is 0 Å².